The van der Waals surface area contributed by atoms with Gasteiger partial charge in [-0.3, -0.25) is 0 Å². The highest BCUT2D eigenvalue weighted by atomic mass is 79.9. The molecular weight excluding hydrogens is 274 g/mol. The summed E-state index contributed by atoms with van der Waals surface area (Å²) >= 11 is 3.37. The number of hydrogen-bond acceptors (Lipinski definition) is 4. The zero-order chi connectivity index (χ0) is 12.1. The molecule has 0 aliphatic carbocycles. The van der Waals surface area contributed by atoms with Gasteiger partial charge in [-0.2, -0.15) is 0 Å². The van der Waals surface area contributed by atoms with Crippen LogP contribution in [-0.4, -0.2) is 31.1 Å². The summed E-state index contributed by atoms with van der Waals surface area (Å²) in [4.78, 5) is 5.89. The molecule has 1 aromatic rings. The Morgan fingerprint density at radius 2 is 2.25 bits per heavy atom. The molecular formula is C10H14BrN3O2. The summed E-state index contributed by atoms with van der Waals surface area (Å²) in [5.41, 5.74) is 2.05. The Labute approximate surface area is 103 Å². The van der Waals surface area contributed by atoms with E-state index in [1.54, 1.807) is 0 Å². The molecule has 0 aliphatic rings. The van der Waals surface area contributed by atoms with Crippen molar-refractivity contribution in [3.63, 3.8) is 0 Å². The van der Waals surface area contributed by atoms with E-state index >= 15 is 0 Å². The number of halogens is 1. The number of nitrogens with zero attached hydrogens (tertiary/aromatic N) is 2. The maximum absolute atomic E-state index is 10.9. The number of hydrogen-bond donors (Lipinski definition) is 1. The van der Waals surface area contributed by atoms with Crippen LogP contribution in [0, 0.1) is 5.21 Å². The molecule has 6 heteroatoms. The standard InChI is InChI=1S/C10H14BrN3O2/c1-14(2)5-4-7-8(13-15)6-12-10(16-3)9(7)11/h4-6H,13H2,1-3H3/b5-4+. The molecule has 2 N–H and O–H groups in total. The van der Waals surface area contributed by atoms with Gasteiger partial charge in [0, 0.05) is 14.1 Å². The summed E-state index contributed by atoms with van der Waals surface area (Å²) < 4.78 is 5.75. The fourth-order valence-corrected chi connectivity index (χ4v) is 1.75. The lowest BCUT2D eigenvalue weighted by molar-refractivity contribution is -0.497. The Hall–Kier alpha value is -1.11. The van der Waals surface area contributed by atoms with Crippen LogP contribution in [0.1, 0.15) is 5.56 Å². The van der Waals surface area contributed by atoms with Crippen LogP contribution in [0.5, 0.6) is 5.88 Å². The lowest BCUT2D eigenvalue weighted by atomic mass is 10.2. The molecule has 0 atom stereocenters. The Bertz CT molecular complexity index is 394. The van der Waals surface area contributed by atoms with Gasteiger partial charge in [-0.25, -0.2) is 4.98 Å². The molecule has 1 heterocycles. The van der Waals surface area contributed by atoms with Crippen molar-refractivity contribution >= 4 is 27.7 Å². The van der Waals surface area contributed by atoms with Crippen LogP contribution in [0.25, 0.3) is 6.08 Å². The first-order valence-corrected chi connectivity index (χ1v) is 5.41. The van der Waals surface area contributed by atoms with E-state index in [2.05, 4.69) is 20.9 Å². The number of nitrogens with two attached hydrogens (primary N) is 1. The molecule has 0 saturated carbocycles. The van der Waals surface area contributed by atoms with E-state index in [4.69, 9.17) is 4.74 Å². The summed E-state index contributed by atoms with van der Waals surface area (Å²) in [6, 6.07) is 0. The van der Waals surface area contributed by atoms with Crippen LogP contribution < -0.4 is 10.2 Å². The highest BCUT2D eigenvalue weighted by molar-refractivity contribution is 9.10. The number of rotatable bonds is 4. The average molecular weight is 288 g/mol. The van der Waals surface area contributed by atoms with E-state index < -0.39 is 0 Å². The van der Waals surface area contributed by atoms with Crippen LogP contribution in [-0.2, 0) is 0 Å². The molecule has 0 fully saturated rings. The average Bonchev–Trinajstić information content (AvgIpc) is 2.26. The summed E-state index contributed by atoms with van der Waals surface area (Å²) in [6.07, 6.45) is 5.18. The van der Waals surface area contributed by atoms with Crippen molar-refractivity contribution in [2.75, 3.05) is 21.2 Å². The van der Waals surface area contributed by atoms with Crippen molar-refractivity contribution in [1.29, 1.82) is 0 Å². The summed E-state index contributed by atoms with van der Waals surface area (Å²) in [7, 11) is 5.35. The Balaban J connectivity index is 3.21. The van der Waals surface area contributed by atoms with Gasteiger partial charge >= 0.3 is 0 Å². The third-order valence-electron chi connectivity index (χ3n) is 1.92. The second kappa shape index (κ2) is 5.83. The van der Waals surface area contributed by atoms with Gasteiger partial charge in [0.05, 0.1) is 23.3 Å². The van der Waals surface area contributed by atoms with E-state index in [9.17, 15) is 5.21 Å². The summed E-state index contributed by atoms with van der Waals surface area (Å²) in [6.45, 7) is 0. The largest absolute Gasteiger partial charge is 0.630 e. The zero-order valence-electron chi connectivity index (χ0n) is 9.40. The fraction of sp³-hybridized carbons (Fsp3) is 0.300. The SMILES string of the molecule is COc1ncc([NH2+][O-])c(/C=C/N(C)C)c1Br. The summed E-state index contributed by atoms with van der Waals surface area (Å²) in [5, 5.41) is 10.9. The fourth-order valence-electron chi connectivity index (χ4n) is 1.13. The van der Waals surface area contributed by atoms with Gasteiger partial charge in [-0.05, 0) is 28.2 Å². The number of quaternary nitrogens is 1. The quantitative estimate of drug-likeness (QED) is 0.842. The van der Waals surface area contributed by atoms with E-state index in [0.717, 1.165) is 11.0 Å². The molecule has 16 heavy (non-hydrogen) atoms. The second-order valence-electron chi connectivity index (χ2n) is 3.35. The molecule has 0 radical (unpaired) electrons. The maximum atomic E-state index is 10.9. The second-order valence-corrected chi connectivity index (χ2v) is 4.14. The highest BCUT2D eigenvalue weighted by Crippen LogP contribution is 2.30. The molecule has 0 aromatic carbocycles. The maximum Gasteiger partial charge on any atom is 0.228 e. The number of pyridine rings is 1. The lowest BCUT2D eigenvalue weighted by Gasteiger charge is -2.11. The number of aromatic nitrogens is 1. The van der Waals surface area contributed by atoms with E-state index in [-0.39, 0.29) is 0 Å². The first kappa shape index (κ1) is 13.0. The van der Waals surface area contributed by atoms with Crippen molar-refractivity contribution in [3.8, 4) is 5.88 Å². The van der Waals surface area contributed by atoms with E-state index in [1.165, 1.54) is 13.3 Å². The third kappa shape index (κ3) is 2.94. The lowest BCUT2D eigenvalue weighted by Crippen LogP contribution is -2.70. The van der Waals surface area contributed by atoms with Crippen LogP contribution in [0.2, 0.25) is 0 Å². The first-order valence-electron chi connectivity index (χ1n) is 4.62. The predicted molar refractivity (Wildman–Crippen MR) is 66.2 cm³/mol. The van der Waals surface area contributed by atoms with Crippen molar-refractivity contribution < 1.29 is 10.2 Å². The zero-order valence-corrected chi connectivity index (χ0v) is 11.0. The topological polar surface area (TPSA) is 65.0 Å². The minimum Gasteiger partial charge on any atom is -0.630 e. The minimum absolute atomic E-state index is 0.462. The molecule has 0 amide bonds. The van der Waals surface area contributed by atoms with Crippen molar-refractivity contribution in [2.24, 2.45) is 0 Å². The van der Waals surface area contributed by atoms with Crippen molar-refractivity contribution in [2.45, 2.75) is 0 Å². The molecule has 1 rings (SSSR count). The minimum atomic E-state index is 0.462. The van der Waals surface area contributed by atoms with E-state index in [0.29, 0.717) is 16.0 Å². The molecule has 0 bridgehead atoms. The van der Waals surface area contributed by atoms with Gasteiger partial charge in [0.15, 0.2) is 5.69 Å². The molecule has 1 aromatic heterocycles. The number of ether oxygens (including phenoxy) is 1. The van der Waals surface area contributed by atoms with Crippen molar-refractivity contribution in [1.82, 2.24) is 9.88 Å². The Morgan fingerprint density at radius 3 is 2.75 bits per heavy atom. The van der Waals surface area contributed by atoms with Gasteiger partial charge in [0.2, 0.25) is 5.88 Å². The molecule has 88 valence electrons. The normalized spacial score (nSPS) is 10.8. The molecule has 0 saturated heterocycles. The smallest absolute Gasteiger partial charge is 0.228 e. The third-order valence-corrected chi connectivity index (χ3v) is 2.68. The summed E-state index contributed by atoms with van der Waals surface area (Å²) in [5.74, 6) is 0.462. The predicted octanol–water partition coefficient (Wildman–Crippen LogP) is 1.08. The highest BCUT2D eigenvalue weighted by Gasteiger charge is 2.12. The van der Waals surface area contributed by atoms with Gasteiger partial charge in [0.25, 0.3) is 0 Å². The van der Waals surface area contributed by atoms with Crippen LogP contribution in [0.15, 0.2) is 16.9 Å². The molecule has 0 unspecified atom stereocenters. The monoisotopic (exact) mass is 287 g/mol. The Morgan fingerprint density at radius 1 is 1.56 bits per heavy atom. The van der Waals surface area contributed by atoms with Gasteiger partial charge in [-0.15, -0.1) is 0 Å². The van der Waals surface area contributed by atoms with Gasteiger partial charge in [0.1, 0.15) is 0 Å². The van der Waals surface area contributed by atoms with Gasteiger partial charge < -0.3 is 20.3 Å². The molecule has 0 spiro atoms. The first-order chi connectivity index (χ1) is 7.60. The molecule has 0 aliphatic heterocycles. The Kier molecular flexibility index (Phi) is 4.72. The van der Waals surface area contributed by atoms with Crippen LogP contribution >= 0.6 is 15.9 Å². The van der Waals surface area contributed by atoms with Crippen LogP contribution in [0.4, 0.5) is 5.69 Å². The van der Waals surface area contributed by atoms with Gasteiger partial charge in [-0.1, -0.05) is 0 Å². The number of methoxy groups -OCH3 is 1. The van der Waals surface area contributed by atoms with E-state index in [1.807, 2.05) is 31.3 Å². The molecule has 5 nitrogen and oxygen atoms in total. The van der Waals surface area contributed by atoms with Crippen LogP contribution in [0.3, 0.4) is 0 Å². The van der Waals surface area contributed by atoms with Crippen molar-refractivity contribution in [3.05, 3.63) is 27.6 Å².